The SMILES string of the molecule is Cc1ccccc1.Cc1ccccc1.O=P(O)(O)c1cc[c]cc1. The Bertz CT molecular complexity index is 685. The van der Waals surface area contributed by atoms with E-state index in [9.17, 15) is 4.57 Å². The Morgan fingerprint density at radius 1 is 0.708 bits per heavy atom. The van der Waals surface area contributed by atoms with E-state index in [1.165, 1.54) is 35.4 Å². The maximum Gasteiger partial charge on any atom is 0.356 e. The smallest absolute Gasteiger partial charge is 0.321 e. The molecule has 0 saturated heterocycles. The van der Waals surface area contributed by atoms with Gasteiger partial charge >= 0.3 is 7.60 Å². The van der Waals surface area contributed by atoms with E-state index in [2.05, 4.69) is 44.2 Å². The molecule has 0 aliphatic heterocycles. The molecule has 1 radical (unpaired) electrons. The average molecular weight is 341 g/mol. The standard InChI is InChI=1S/2C7H8.C6H6O3P/c2*1-7-5-3-2-4-6-7;7-10(8,9)6-4-2-1-3-5-6/h2*2-6H,1H3;2-5H,(H2,7,8,9). The van der Waals surface area contributed by atoms with Gasteiger partial charge in [-0.25, -0.2) is 0 Å². The van der Waals surface area contributed by atoms with Crippen molar-refractivity contribution in [2.75, 3.05) is 0 Å². The molecule has 0 aliphatic rings. The molecule has 0 fully saturated rings. The molecule has 125 valence electrons. The minimum absolute atomic E-state index is 0.0336. The maximum absolute atomic E-state index is 10.5. The Balaban J connectivity index is 0.000000185. The summed E-state index contributed by atoms with van der Waals surface area (Å²) in [6, 6.07) is 28.8. The second-order valence-electron chi connectivity index (χ2n) is 5.11. The van der Waals surface area contributed by atoms with Crippen molar-refractivity contribution in [1.29, 1.82) is 0 Å². The van der Waals surface area contributed by atoms with E-state index < -0.39 is 7.60 Å². The monoisotopic (exact) mass is 341 g/mol. The first-order valence-electron chi connectivity index (χ1n) is 7.45. The van der Waals surface area contributed by atoms with Crippen molar-refractivity contribution < 1.29 is 14.4 Å². The molecule has 3 rings (SSSR count). The van der Waals surface area contributed by atoms with Crippen LogP contribution in [-0.4, -0.2) is 9.79 Å². The van der Waals surface area contributed by atoms with Crippen LogP contribution in [0.15, 0.2) is 84.9 Å². The van der Waals surface area contributed by atoms with Gasteiger partial charge in [0.2, 0.25) is 0 Å². The van der Waals surface area contributed by atoms with Gasteiger partial charge in [-0.3, -0.25) is 4.57 Å². The number of rotatable bonds is 1. The first-order chi connectivity index (χ1) is 11.4. The van der Waals surface area contributed by atoms with Crippen LogP contribution in [0.3, 0.4) is 0 Å². The van der Waals surface area contributed by atoms with Crippen molar-refractivity contribution in [3.63, 3.8) is 0 Å². The molecular weight excluding hydrogens is 319 g/mol. The van der Waals surface area contributed by atoms with E-state index in [4.69, 9.17) is 9.79 Å². The third kappa shape index (κ3) is 9.06. The van der Waals surface area contributed by atoms with E-state index in [1.54, 1.807) is 0 Å². The molecule has 2 N–H and O–H groups in total. The van der Waals surface area contributed by atoms with Gasteiger partial charge in [-0.05, 0) is 32.0 Å². The topological polar surface area (TPSA) is 57.5 Å². The van der Waals surface area contributed by atoms with Crippen LogP contribution in [0.4, 0.5) is 0 Å². The van der Waals surface area contributed by atoms with Crippen LogP contribution in [-0.2, 0) is 4.57 Å². The van der Waals surface area contributed by atoms with Crippen molar-refractivity contribution in [3.05, 3.63) is 102 Å². The zero-order valence-corrected chi connectivity index (χ0v) is 14.7. The fourth-order valence-corrected chi connectivity index (χ4v) is 2.18. The van der Waals surface area contributed by atoms with E-state index in [0.29, 0.717) is 0 Å². The van der Waals surface area contributed by atoms with Crippen LogP contribution in [0.1, 0.15) is 11.1 Å². The lowest BCUT2D eigenvalue weighted by Gasteiger charge is -2.00. The second-order valence-corrected chi connectivity index (χ2v) is 6.72. The molecule has 0 atom stereocenters. The van der Waals surface area contributed by atoms with E-state index in [-0.39, 0.29) is 5.30 Å². The highest BCUT2D eigenvalue weighted by Crippen LogP contribution is 2.32. The largest absolute Gasteiger partial charge is 0.356 e. The van der Waals surface area contributed by atoms with Crippen molar-refractivity contribution in [3.8, 4) is 0 Å². The average Bonchev–Trinajstić information content (AvgIpc) is 2.57. The second kappa shape index (κ2) is 10.6. The van der Waals surface area contributed by atoms with Gasteiger partial charge in [-0.2, -0.15) is 0 Å². The minimum atomic E-state index is -4.04. The normalized spacial score (nSPS) is 9.83. The van der Waals surface area contributed by atoms with Gasteiger partial charge in [-0.15, -0.1) is 0 Å². The molecule has 4 heteroatoms. The first kappa shape index (κ1) is 19.9. The van der Waals surface area contributed by atoms with Gasteiger partial charge in [0.05, 0.1) is 5.30 Å². The summed E-state index contributed by atoms with van der Waals surface area (Å²) in [6.07, 6.45) is 0. The summed E-state index contributed by atoms with van der Waals surface area (Å²) < 4.78 is 10.5. The summed E-state index contributed by atoms with van der Waals surface area (Å²) in [5, 5.41) is 0.0336. The fourth-order valence-electron chi connectivity index (χ4n) is 1.64. The zero-order chi connectivity index (χ0) is 17.8. The Kier molecular flexibility index (Phi) is 8.74. The van der Waals surface area contributed by atoms with E-state index in [0.717, 1.165) is 0 Å². The Morgan fingerprint density at radius 3 is 1.29 bits per heavy atom. The van der Waals surface area contributed by atoms with Gasteiger partial charge in [-0.1, -0.05) is 83.9 Å². The summed E-state index contributed by atoms with van der Waals surface area (Å²) in [5.41, 5.74) is 2.64. The summed E-state index contributed by atoms with van der Waals surface area (Å²) in [7, 11) is -4.04. The van der Waals surface area contributed by atoms with Crippen LogP contribution in [0.25, 0.3) is 0 Å². The molecule has 0 unspecified atom stereocenters. The van der Waals surface area contributed by atoms with Crippen molar-refractivity contribution in [2.24, 2.45) is 0 Å². The van der Waals surface area contributed by atoms with Crippen molar-refractivity contribution in [1.82, 2.24) is 0 Å². The van der Waals surface area contributed by atoms with Crippen LogP contribution in [0, 0.1) is 19.9 Å². The molecule has 0 amide bonds. The molecule has 24 heavy (non-hydrogen) atoms. The molecule has 0 aliphatic carbocycles. The Morgan fingerprint density at radius 2 is 1.08 bits per heavy atom. The van der Waals surface area contributed by atoms with Crippen LogP contribution in [0.5, 0.6) is 0 Å². The lowest BCUT2D eigenvalue weighted by molar-refractivity contribution is 0.387. The highest BCUT2D eigenvalue weighted by atomic mass is 31.2. The molecule has 0 spiro atoms. The molecule has 0 bridgehead atoms. The van der Waals surface area contributed by atoms with Gasteiger partial charge in [0.15, 0.2) is 0 Å². The third-order valence-electron chi connectivity index (χ3n) is 2.92. The van der Waals surface area contributed by atoms with Crippen molar-refractivity contribution in [2.45, 2.75) is 13.8 Å². The fraction of sp³-hybridized carbons (Fsp3) is 0.100. The quantitative estimate of drug-likeness (QED) is 0.650. The number of hydrogen-bond acceptors (Lipinski definition) is 1. The molecule has 3 aromatic carbocycles. The zero-order valence-electron chi connectivity index (χ0n) is 13.8. The van der Waals surface area contributed by atoms with Gasteiger partial charge in [0.25, 0.3) is 0 Å². The molecule has 3 nitrogen and oxygen atoms in total. The summed E-state index contributed by atoms with van der Waals surface area (Å²) >= 11 is 0. The number of aryl methyl sites for hydroxylation is 2. The molecule has 0 saturated carbocycles. The number of benzene rings is 3. The van der Waals surface area contributed by atoms with Crippen LogP contribution >= 0.6 is 7.60 Å². The van der Waals surface area contributed by atoms with Crippen LogP contribution in [0.2, 0.25) is 0 Å². The van der Waals surface area contributed by atoms with Crippen molar-refractivity contribution >= 4 is 12.9 Å². The highest BCUT2D eigenvalue weighted by molar-refractivity contribution is 7.60. The first-order valence-corrected chi connectivity index (χ1v) is 9.06. The highest BCUT2D eigenvalue weighted by Gasteiger charge is 2.14. The molecule has 0 heterocycles. The Labute approximate surface area is 143 Å². The van der Waals surface area contributed by atoms with Crippen LogP contribution < -0.4 is 5.30 Å². The maximum atomic E-state index is 10.5. The minimum Gasteiger partial charge on any atom is -0.321 e. The summed E-state index contributed by atoms with van der Waals surface area (Å²) in [6.45, 7) is 4.17. The predicted octanol–water partition coefficient (Wildman–Crippen LogP) is 4.28. The Hall–Kier alpha value is -2.19. The third-order valence-corrected chi connectivity index (χ3v) is 3.89. The summed E-state index contributed by atoms with van der Waals surface area (Å²) in [5.74, 6) is 0. The molecule has 0 aromatic heterocycles. The number of hydrogen-bond donors (Lipinski definition) is 2. The van der Waals surface area contributed by atoms with Gasteiger partial charge in [0.1, 0.15) is 0 Å². The lowest BCUT2D eigenvalue weighted by atomic mass is 10.2. The molecule has 3 aromatic rings. The predicted molar refractivity (Wildman–Crippen MR) is 99.3 cm³/mol. The van der Waals surface area contributed by atoms with E-state index in [1.807, 2.05) is 36.4 Å². The lowest BCUT2D eigenvalue weighted by Crippen LogP contribution is -2.01. The molecular formula is C20H22O3P. The summed E-state index contributed by atoms with van der Waals surface area (Å²) in [4.78, 5) is 17.2. The van der Waals surface area contributed by atoms with Gasteiger partial charge in [0, 0.05) is 0 Å². The van der Waals surface area contributed by atoms with Gasteiger partial charge < -0.3 is 9.79 Å². The van der Waals surface area contributed by atoms with E-state index >= 15 is 0 Å².